The number of carbonyl (C=O) groups excluding carboxylic acids is 1. The second-order valence-corrected chi connectivity index (χ2v) is 13.5. The standard InChI is InChI=1S/C29H21ClF8N2O5S/c30-17-4-3-12(28(41)40-15-6-18(31)23(35)19(32)7-15)5-20(17)46(43,44)27-13-1-2-14(27)9-29(42,8-13)11-39-45-10-16-21(33)24(36)26(38)25(37)22(16)34/h3-7,11,13-14,27,42H,1-2,8-10H2,(H,40,41)/b39-11+/t13?,14?,27-,29-. The topological polar surface area (TPSA) is 105 Å². The maximum Gasteiger partial charge on any atom is 0.255 e. The molecule has 0 aliphatic heterocycles. The van der Waals surface area contributed by atoms with E-state index in [0.717, 1.165) is 18.3 Å². The molecule has 46 heavy (non-hydrogen) atoms. The Hall–Kier alpha value is -3.76. The molecule has 2 atom stereocenters. The van der Waals surface area contributed by atoms with Crippen LogP contribution in [-0.2, 0) is 21.3 Å². The van der Waals surface area contributed by atoms with Gasteiger partial charge in [0.15, 0.2) is 50.6 Å². The Labute approximate surface area is 260 Å². The minimum atomic E-state index is -4.26. The lowest BCUT2D eigenvalue weighted by atomic mass is 9.78. The van der Waals surface area contributed by atoms with E-state index in [1.165, 1.54) is 6.07 Å². The van der Waals surface area contributed by atoms with Crippen molar-refractivity contribution in [1.29, 1.82) is 0 Å². The molecule has 0 saturated heterocycles. The van der Waals surface area contributed by atoms with Crippen LogP contribution < -0.4 is 5.32 Å². The Morgan fingerprint density at radius 3 is 2.02 bits per heavy atom. The molecule has 3 aromatic rings. The maximum absolute atomic E-state index is 13.9. The second kappa shape index (κ2) is 12.4. The highest BCUT2D eigenvalue weighted by Gasteiger charge is 2.54. The molecule has 0 spiro atoms. The number of oxime groups is 1. The van der Waals surface area contributed by atoms with Crippen molar-refractivity contribution in [3.8, 4) is 0 Å². The number of amides is 1. The number of carbonyl (C=O) groups is 1. The molecule has 2 bridgehead atoms. The number of nitrogens with zero attached hydrogens (tertiary/aromatic N) is 1. The van der Waals surface area contributed by atoms with Gasteiger partial charge in [-0.05, 0) is 55.7 Å². The fourth-order valence-corrected chi connectivity index (χ4v) is 8.88. The number of benzene rings is 3. The van der Waals surface area contributed by atoms with Crippen molar-refractivity contribution in [1.82, 2.24) is 0 Å². The maximum atomic E-state index is 13.9. The van der Waals surface area contributed by atoms with Gasteiger partial charge >= 0.3 is 0 Å². The number of rotatable bonds is 8. The molecule has 7 nitrogen and oxygen atoms in total. The van der Waals surface area contributed by atoms with E-state index in [4.69, 9.17) is 16.4 Å². The molecule has 17 heteroatoms. The van der Waals surface area contributed by atoms with Crippen LogP contribution in [0.3, 0.4) is 0 Å². The van der Waals surface area contributed by atoms with Gasteiger partial charge in [-0.25, -0.2) is 43.5 Å². The molecule has 2 aliphatic carbocycles. The van der Waals surface area contributed by atoms with E-state index in [9.17, 15) is 53.4 Å². The number of sulfone groups is 1. The third-order valence-electron chi connectivity index (χ3n) is 8.05. The summed E-state index contributed by atoms with van der Waals surface area (Å²) in [5.74, 6) is -18.0. The lowest BCUT2D eigenvalue weighted by Crippen LogP contribution is -2.47. The predicted octanol–water partition coefficient (Wildman–Crippen LogP) is 6.60. The number of anilines is 1. The van der Waals surface area contributed by atoms with E-state index in [-0.39, 0.29) is 23.4 Å². The highest BCUT2D eigenvalue weighted by atomic mass is 35.5. The third-order valence-corrected chi connectivity index (χ3v) is 10.9. The largest absolute Gasteiger partial charge is 0.391 e. The molecule has 3 aromatic carbocycles. The molecule has 2 fully saturated rings. The summed E-state index contributed by atoms with van der Waals surface area (Å²) in [5, 5.41) is 15.4. The van der Waals surface area contributed by atoms with Crippen LogP contribution in [0.5, 0.6) is 0 Å². The summed E-state index contributed by atoms with van der Waals surface area (Å²) in [7, 11) is -4.26. The van der Waals surface area contributed by atoms with E-state index in [2.05, 4.69) is 10.5 Å². The van der Waals surface area contributed by atoms with Crippen molar-refractivity contribution in [3.63, 3.8) is 0 Å². The highest BCUT2D eigenvalue weighted by molar-refractivity contribution is 7.92. The van der Waals surface area contributed by atoms with Crippen molar-refractivity contribution in [3.05, 3.63) is 93.0 Å². The Bertz CT molecular complexity index is 1810. The van der Waals surface area contributed by atoms with Crippen LogP contribution >= 0.6 is 11.6 Å². The Morgan fingerprint density at radius 1 is 0.913 bits per heavy atom. The van der Waals surface area contributed by atoms with Gasteiger partial charge in [-0.3, -0.25) is 4.79 Å². The summed E-state index contributed by atoms with van der Waals surface area (Å²) in [5.41, 5.74) is -3.70. The van der Waals surface area contributed by atoms with Crippen LogP contribution in [0.1, 0.15) is 41.6 Å². The van der Waals surface area contributed by atoms with Gasteiger partial charge in [-0.2, -0.15) is 0 Å². The number of nitrogens with one attached hydrogen (secondary N) is 1. The van der Waals surface area contributed by atoms with E-state index in [0.29, 0.717) is 25.0 Å². The number of fused-ring (bicyclic) bond motifs is 2. The minimum Gasteiger partial charge on any atom is -0.391 e. The van der Waals surface area contributed by atoms with E-state index in [1.54, 1.807) is 0 Å². The summed E-state index contributed by atoms with van der Waals surface area (Å²) in [4.78, 5) is 17.1. The first-order valence-electron chi connectivity index (χ1n) is 13.4. The molecular weight excluding hydrogens is 676 g/mol. The van der Waals surface area contributed by atoms with E-state index in [1.807, 2.05) is 0 Å². The van der Waals surface area contributed by atoms with Gasteiger partial charge in [-0.1, -0.05) is 16.8 Å². The average molecular weight is 697 g/mol. The number of hydrogen-bond acceptors (Lipinski definition) is 6. The van der Waals surface area contributed by atoms with Gasteiger partial charge in [0, 0.05) is 23.4 Å². The Morgan fingerprint density at radius 2 is 1.46 bits per heavy atom. The van der Waals surface area contributed by atoms with Gasteiger partial charge in [0.25, 0.3) is 5.91 Å². The molecular formula is C29H21ClF8N2O5S. The molecule has 0 aromatic heterocycles. The zero-order valence-electron chi connectivity index (χ0n) is 23.1. The number of halogens is 9. The molecule has 2 unspecified atom stereocenters. The van der Waals surface area contributed by atoms with Gasteiger partial charge in [-0.15, -0.1) is 0 Å². The van der Waals surface area contributed by atoms with Crippen LogP contribution in [0.2, 0.25) is 5.02 Å². The van der Waals surface area contributed by atoms with Gasteiger partial charge in [0.1, 0.15) is 12.2 Å². The first-order valence-corrected chi connectivity index (χ1v) is 15.3. The normalized spacial score (nSPS) is 22.8. The second-order valence-electron chi connectivity index (χ2n) is 11.0. The summed E-state index contributed by atoms with van der Waals surface area (Å²) in [6.07, 6.45) is 1.25. The third kappa shape index (κ3) is 6.17. The first kappa shape index (κ1) is 33.6. The van der Waals surface area contributed by atoms with E-state index >= 15 is 0 Å². The predicted molar refractivity (Wildman–Crippen MR) is 147 cm³/mol. The van der Waals surface area contributed by atoms with Crippen LogP contribution in [0.4, 0.5) is 40.8 Å². The molecule has 1 amide bonds. The average Bonchev–Trinajstić information content (AvgIpc) is 3.30. The SMILES string of the molecule is O=C(Nc1cc(F)c(F)c(F)c1)c1ccc(Cl)c(S(=O)(=O)[C@H]2C3CCC2C[C@](O)(/C=N/OCc2c(F)c(F)c(F)c(F)c2F)C3)c1. The van der Waals surface area contributed by atoms with Crippen molar-refractivity contribution in [2.75, 3.05) is 5.32 Å². The minimum absolute atomic E-state index is 0.164. The first-order chi connectivity index (χ1) is 21.5. The van der Waals surface area contributed by atoms with Gasteiger partial charge in [0.05, 0.1) is 26.9 Å². The number of aliphatic hydroxyl groups is 1. The van der Waals surface area contributed by atoms with Crippen LogP contribution in [0.25, 0.3) is 0 Å². The van der Waals surface area contributed by atoms with Gasteiger partial charge in [0.2, 0.25) is 5.82 Å². The molecule has 0 heterocycles. The van der Waals surface area contributed by atoms with E-state index < -0.39 is 108 Å². The van der Waals surface area contributed by atoms with Crippen LogP contribution in [-0.4, -0.2) is 36.5 Å². The molecule has 5 rings (SSSR count). The molecule has 2 aliphatic rings. The molecule has 0 radical (unpaired) electrons. The fraction of sp³-hybridized carbons (Fsp3) is 0.310. The summed E-state index contributed by atoms with van der Waals surface area (Å²) >= 11 is 6.22. The fourth-order valence-electron chi connectivity index (χ4n) is 6.04. The Kier molecular flexibility index (Phi) is 9.09. The van der Waals surface area contributed by atoms with Crippen molar-refractivity contribution in [2.45, 2.75) is 48.0 Å². The quantitative estimate of drug-likeness (QED) is 0.0908. The summed E-state index contributed by atoms with van der Waals surface area (Å²) in [6, 6.07) is 4.38. The van der Waals surface area contributed by atoms with Crippen LogP contribution in [0, 0.1) is 58.4 Å². The van der Waals surface area contributed by atoms with Crippen LogP contribution in [0.15, 0.2) is 40.4 Å². The van der Waals surface area contributed by atoms with Gasteiger partial charge < -0.3 is 15.3 Å². The molecule has 2 N–H and O–H groups in total. The summed E-state index contributed by atoms with van der Waals surface area (Å²) < 4.78 is 136. The van der Waals surface area contributed by atoms with Crippen molar-refractivity contribution < 1.29 is 58.3 Å². The zero-order valence-corrected chi connectivity index (χ0v) is 24.6. The molecule has 2 saturated carbocycles. The monoisotopic (exact) mass is 696 g/mol. The number of hydrogen-bond donors (Lipinski definition) is 2. The lowest BCUT2D eigenvalue weighted by molar-refractivity contribution is 0.0407. The highest BCUT2D eigenvalue weighted by Crippen LogP contribution is 2.51. The Balaban J connectivity index is 1.31. The lowest BCUT2D eigenvalue weighted by Gasteiger charge is -2.38. The smallest absolute Gasteiger partial charge is 0.255 e. The van der Waals surface area contributed by atoms with Crippen molar-refractivity contribution >= 4 is 39.2 Å². The van der Waals surface area contributed by atoms with Crippen molar-refractivity contribution in [2.24, 2.45) is 17.0 Å². The molecule has 246 valence electrons. The summed E-state index contributed by atoms with van der Waals surface area (Å²) in [6.45, 7) is -1.16. The zero-order chi connectivity index (χ0) is 33.7.